The van der Waals surface area contributed by atoms with Crippen molar-refractivity contribution in [2.24, 2.45) is 5.10 Å². The quantitative estimate of drug-likeness (QED) is 0.849. The van der Waals surface area contributed by atoms with Crippen molar-refractivity contribution in [3.05, 3.63) is 30.1 Å². The third-order valence-corrected chi connectivity index (χ3v) is 3.11. The average Bonchev–Trinajstić information content (AvgIpc) is 2.45. The summed E-state index contributed by atoms with van der Waals surface area (Å²) in [6.45, 7) is 6.66. The largest absolute Gasteiger partial charge is 0.444 e. The van der Waals surface area contributed by atoms with E-state index in [9.17, 15) is 9.18 Å². The first-order chi connectivity index (χ1) is 10.3. The van der Waals surface area contributed by atoms with Crippen LogP contribution in [-0.4, -0.2) is 35.4 Å². The molecule has 1 heterocycles. The number of anilines is 1. The number of nitrogens with zero attached hydrogens (tertiary/aromatic N) is 2. The molecule has 1 aliphatic heterocycles. The molecule has 120 valence electrons. The zero-order chi connectivity index (χ0) is 16.2. The third-order valence-electron chi connectivity index (χ3n) is 3.11. The number of carbonyl (C=O) groups is 1. The maximum absolute atomic E-state index is 12.8. The van der Waals surface area contributed by atoms with Crippen LogP contribution in [0, 0.1) is 5.82 Å². The fourth-order valence-corrected chi connectivity index (χ4v) is 2.09. The summed E-state index contributed by atoms with van der Waals surface area (Å²) in [6, 6.07) is 5.98. The number of benzene rings is 1. The van der Waals surface area contributed by atoms with Crippen molar-refractivity contribution in [2.75, 3.05) is 18.5 Å². The van der Waals surface area contributed by atoms with Crippen molar-refractivity contribution in [2.45, 2.75) is 39.2 Å². The van der Waals surface area contributed by atoms with Crippen LogP contribution in [-0.2, 0) is 4.74 Å². The lowest BCUT2D eigenvalue weighted by molar-refractivity contribution is 0.0266. The number of likely N-dealkylation sites (tertiary alicyclic amines) is 1. The molecule has 1 N–H and O–H groups in total. The van der Waals surface area contributed by atoms with E-state index >= 15 is 0 Å². The first-order valence-electron chi connectivity index (χ1n) is 7.38. The molecule has 0 saturated carbocycles. The molecule has 6 heteroatoms. The van der Waals surface area contributed by atoms with E-state index in [1.165, 1.54) is 12.1 Å². The lowest BCUT2D eigenvalue weighted by Crippen LogP contribution is -2.43. The van der Waals surface area contributed by atoms with Gasteiger partial charge >= 0.3 is 6.09 Å². The minimum atomic E-state index is -0.502. The maximum Gasteiger partial charge on any atom is 0.410 e. The van der Waals surface area contributed by atoms with Crippen LogP contribution < -0.4 is 5.43 Å². The molecule has 0 aliphatic carbocycles. The molecule has 1 fully saturated rings. The summed E-state index contributed by atoms with van der Waals surface area (Å²) < 4.78 is 18.2. The minimum Gasteiger partial charge on any atom is -0.444 e. The van der Waals surface area contributed by atoms with Gasteiger partial charge < -0.3 is 9.64 Å². The second kappa shape index (κ2) is 6.77. The Labute approximate surface area is 130 Å². The highest BCUT2D eigenvalue weighted by atomic mass is 19.1. The summed E-state index contributed by atoms with van der Waals surface area (Å²) in [5.41, 5.74) is 3.98. The van der Waals surface area contributed by atoms with E-state index in [1.54, 1.807) is 17.0 Å². The number of halogens is 1. The number of hydrogen-bond acceptors (Lipinski definition) is 4. The summed E-state index contributed by atoms with van der Waals surface area (Å²) in [5.74, 6) is -0.285. The SMILES string of the molecule is CC(C)(C)OC(=O)N1CCC/C(=N/Nc2ccc(F)cc2)C1. The Morgan fingerprint density at radius 1 is 1.32 bits per heavy atom. The molecule has 5 nitrogen and oxygen atoms in total. The molecule has 0 bridgehead atoms. The monoisotopic (exact) mass is 307 g/mol. The number of piperidine rings is 1. The number of amides is 1. The second-order valence-corrected chi connectivity index (χ2v) is 6.30. The van der Waals surface area contributed by atoms with Crippen molar-refractivity contribution >= 4 is 17.5 Å². The third kappa shape index (κ3) is 5.02. The van der Waals surface area contributed by atoms with Gasteiger partial charge in [0.15, 0.2) is 0 Å². The van der Waals surface area contributed by atoms with Gasteiger partial charge in [0.25, 0.3) is 0 Å². The molecule has 1 aliphatic rings. The Hall–Kier alpha value is -2.11. The van der Waals surface area contributed by atoms with Gasteiger partial charge in [-0.15, -0.1) is 0 Å². The van der Waals surface area contributed by atoms with E-state index < -0.39 is 5.60 Å². The highest BCUT2D eigenvalue weighted by molar-refractivity contribution is 5.90. The number of nitrogens with one attached hydrogen (secondary N) is 1. The van der Waals surface area contributed by atoms with Gasteiger partial charge in [-0.1, -0.05) is 0 Å². The summed E-state index contributed by atoms with van der Waals surface area (Å²) in [5, 5.41) is 4.31. The van der Waals surface area contributed by atoms with Crippen LogP contribution in [0.25, 0.3) is 0 Å². The molecule has 0 atom stereocenters. The molecule has 0 unspecified atom stereocenters. The van der Waals surface area contributed by atoms with Crippen LogP contribution in [0.2, 0.25) is 0 Å². The van der Waals surface area contributed by atoms with Crippen LogP contribution >= 0.6 is 0 Å². The predicted molar refractivity (Wildman–Crippen MR) is 84.5 cm³/mol. The zero-order valence-corrected chi connectivity index (χ0v) is 13.2. The highest BCUT2D eigenvalue weighted by Crippen LogP contribution is 2.15. The summed E-state index contributed by atoms with van der Waals surface area (Å²) in [4.78, 5) is 13.7. The van der Waals surface area contributed by atoms with Crippen molar-refractivity contribution in [3.63, 3.8) is 0 Å². The number of hydrogen-bond donors (Lipinski definition) is 1. The lowest BCUT2D eigenvalue weighted by Gasteiger charge is -2.30. The van der Waals surface area contributed by atoms with Crippen LogP contribution in [0.1, 0.15) is 33.6 Å². The number of ether oxygens (including phenoxy) is 1. The van der Waals surface area contributed by atoms with Crippen LogP contribution in [0.4, 0.5) is 14.9 Å². The smallest absolute Gasteiger partial charge is 0.410 e. The predicted octanol–water partition coefficient (Wildman–Crippen LogP) is 3.62. The summed E-state index contributed by atoms with van der Waals surface area (Å²) >= 11 is 0. The molecular weight excluding hydrogens is 285 g/mol. The van der Waals surface area contributed by atoms with Crippen LogP contribution in [0.5, 0.6) is 0 Å². The molecule has 1 aromatic rings. The number of carbonyl (C=O) groups excluding carboxylic acids is 1. The minimum absolute atomic E-state index is 0.285. The lowest BCUT2D eigenvalue weighted by atomic mass is 10.1. The van der Waals surface area contributed by atoms with Crippen molar-refractivity contribution in [1.82, 2.24) is 4.90 Å². The molecular formula is C16H22FN3O2. The standard InChI is InChI=1S/C16H22FN3O2/c1-16(2,3)22-15(21)20-10-4-5-14(11-20)19-18-13-8-6-12(17)7-9-13/h6-9,18H,4-5,10-11H2,1-3H3/b19-14-. The molecule has 1 saturated heterocycles. The molecule has 0 aromatic heterocycles. The van der Waals surface area contributed by atoms with Gasteiger partial charge in [-0.25, -0.2) is 9.18 Å². The Balaban J connectivity index is 1.93. The molecule has 0 spiro atoms. The fourth-order valence-electron chi connectivity index (χ4n) is 2.09. The first-order valence-corrected chi connectivity index (χ1v) is 7.38. The van der Waals surface area contributed by atoms with Crippen molar-refractivity contribution in [3.8, 4) is 0 Å². The van der Waals surface area contributed by atoms with Crippen LogP contribution in [0.3, 0.4) is 0 Å². The van der Waals surface area contributed by atoms with E-state index in [0.717, 1.165) is 18.6 Å². The van der Waals surface area contributed by atoms with Gasteiger partial charge in [0.05, 0.1) is 17.9 Å². The Kier molecular flexibility index (Phi) is 5.00. The summed E-state index contributed by atoms with van der Waals surface area (Å²) in [7, 11) is 0. The highest BCUT2D eigenvalue weighted by Gasteiger charge is 2.25. The Morgan fingerprint density at radius 2 is 2.00 bits per heavy atom. The van der Waals surface area contributed by atoms with Crippen molar-refractivity contribution in [1.29, 1.82) is 0 Å². The van der Waals surface area contributed by atoms with Crippen molar-refractivity contribution < 1.29 is 13.9 Å². The normalized spacial score (nSPS) is 17.5. The van der Waals surface area contributed by atoms with E-state index in [2.05, 4.69) is 10.5 Å². The Bertz CT molecular complexity index is 550. The molecule has 22 heavy (non-hydrogen) atoms. The average molecular weight is 307 g/mol. The maximum atomic E-state index is 12.8. The molecule has 1 amide bonds. The fraction of sp³-hybridized carbons (Fsp3) is 0.500. The van der Waals surface area contributed by atoms with Gasteiger partial charge in [-0.3, -0.25) is 5.43 Å². The molecule has 0 radical (unpaired) electrons. The number of hydrazone groups is 1. The Morgan fingerprint density at radius 3 is 2.64 bits per heavy atom. The topological polar surface area (TPSA) is 53.9 Å². The summed E-state index contributed by atoms with van der Waals surface area (Å²) in [6.07, 6.45) is 1.36. The second-order valence-electron chi connectivity index (χ2n) is 6.30. The van der Waals surface area contributed by atoms with Gasteiger partial charge in [-0.05, 0) is 57.9 Å². The molecule has 2 rings (SSSR count). The first kappa shape index (κ1) is 16.3. The van der Waals surface area contributed by atoms with Gasteiger partial charge in [-0.2, -0.15) is 5.10 Å². The number of rotatable bonds is 2. The van der Waals surface area contributed by atoms with Gasteiger partial charge in [0.1, 0.15) is 11.4 Å². The van der Waals surface area contributed by atoms with E-state index in [1.807, 2.05) is 20.8 Å². The van der Waals surface area contributed by atoms with Crippen LogP contribution in [0.15, 0.2) is 29.4 Å². The van der Waals surface area contributed by atoms with E-state index in [-0.39, 0.29) is 11.9 Å². The molecule has 1 aromatic carbocycles. The zero-order valence-electron chi connectivity index (χ0n) is 13.2. The van der Waals surface area contributed by atoms with Gasteiger partial charge in [0.2, 0.25) is 0 Å². The van der Waals surface area contributed by atoms with E-state index in [0.29, 0.717) is 18.8 Å². The van der Waals surface area contributed by atoms with Gasteiger partial charge in [0, 0.05) is 6.54 Å². The van der Waals surface area contributed by atoms with E-state index in [4.69, 9.17) is 4.74 Å².